The molecule has 1 atom stereocenters. The second-order valence-corrected chi connectivity index (χ2v) is 3.38. The van der Waals surface area contributed by atoms with Crippen LogP contribution in [0.25, 0.3) is 0 Å². The Balaban J connectivity index is 3.71. The highest BCUT2D eigenvalue weighted by atomic mass is 28.2. The summed E-state index contributed by atoms with van der Waals surface area (Å²) in [5.41, 5.74) is -2.99. The molecule has 0 aliphatic rings. The van der Waals surface area contributed by atoms with Gasteiger partial charge < -0.3 is 0 Å². The zero-order valence-electron chi connectivity index (χ0n) is 4.92. The van der Waals surface area contributed by atoms with Gasteiger partial charge in [-0.3, -0.25) is 0 Å². The van der Waals surface area contributed by atoms with E-state index in [4.69, 9.17) is 0 Å². The minimum absolute atomic E-state index is 0.899. The van der Waals surface area contributed by atoms with Gasteiger partial charge in [0.2, 0.25) is 0 Å². The Hall–Kier alpha value is 0.00688. The van der Waals surface area contributed by atoms with Gasteiger partial charge in [-0.25, -0.2) is 13.2 Å². The van der Waals surface area contributed by atoms with Crippen molar-refractivity contribution in [2.75, 3.05) is 0 Å². The van der Waals surface area contributed by atoms with Crippen LogP contribution in [0.15, 0.2) is 0 Å². The minimum atomic E-state index is -2.99. The van der Waals surface area contributed by atoms with Gasteiger partial charge in [-0.05, 0) is 6.92 Å². The van der Waals surface area contributed by atoms with Crippen molar-refractivity contribution in [3.05, 3.63) is 0 Å². The molecule has 0 saturated heterocycles. The molecule has 8 heavy (non-hydrogen) atoms. The number of hydrogen-bond donors (Lipinski definition) is 0. The first-order chi connectivity index (χ1) is 3.50. The first-order valence-corrected chi connectivity index (χ1v) is 4.64. The lowest BCUT2D eigenvalue weighted by Crippen LogP contribution is -2.32. The summed E-state index contributed by atoms with van der Waals surface area (Å²) in [6.07, 6.45) is -1.96. The van der Waals surface area contributed by atoms with Crippen molar-refractivity contribution in [1.82, 2.24) is 0 Å². The number of alkyl halides is 3. The van der Waals surface area contributed by atoms with E-state index in [1.165, 1.54) is 6.55 Å². The average Bonchev–Trinajstić information content (AvgIpc) is 1.67. The Bertz CT molecular complexity index is 71.7. The van der Waals surface area contributed by atoms with Gasteiger partial charge in [-0.2, -0.15) is 0 Å². The Morgan fingerprint density at radius 1 is 1.50 bits per heavy atom. The zero-order chi connectivity index (χ0) is 6.78. The molecule has 0 amide bonds. The summed E-state index contributed by atoms with van der Waals surface area (Å²) in [6, 6.07) is 0. The van der Waals surface area contributed by atoms with E-state index in [-0.39, 0.29) is 0 Å². The Morgan fingerprint density at radius 2 is 1.88 bits per heavy atom. The predicted molar refractivity (Wildman–Crippen MR) is 29.9 cm³/mol. The van der Waals surface area contributed by atoms with E-state index in [2.05, 4.69) is 0 Å². The quantitative estimate of drug-likeness (QED) is 0.507. The number of halogens is 3. The van der Waals surface area contributed by atoms with Crippen LogP contribution in [0.4, 0.5) is 13.2 Å². The van der Waals surface area contributed by atoms with Gasteiger partial charge in [0.25, 0.3) is 5.55 Å². The summed E-state index contributed by atoms with van der Waals surface area (Å²) in [6.45, 7) is 2.30. The van der Waals surface area contributed by atoms with Crippen LogP contribution in [-0.4, -0.2) is 21.2 Å². The molecule has 0 aromatic heterocycles. The molecule has 0 aromatic carbocycles. The predicted octanol–water partition coefficient (Wildman–Crippen LogP) is 1.15. The van der Waals surface area contributed by atoms with Gasteiger partial charge in [-0.15, -0.1) is 0 Å². The van der Waals surface area contributed by atoms with Crippen LogP contribution in [0.5, 0.6) is 0 Å². The van der Waals surface area contributed by atoms with Gasteiger partial charge in [0, 0.05) is 0 Å². The zero-order valence-corrected chi connectivity index (χ0v) is 6.33. The summed E-state index contributed by atoms with van der Waals surface area (Å²) >= 11 is 0. The molecule has 0 radical (unpaired) electrons. The maximum absolute atomic E-state index is 12.0. The molecule has 0 N–H and O–H groups in total. The molecule has 0 aliphatic carbocycles. The van der Waals surface area contributed by atoms with E-state index in [0.717, 1.165) is 6.92 Å². The van der Waals surface area contributed by atoms with Crippen molar-refractivity contribution < 1.29 is 13.2 Å². The molecule has 50 valence electrons. The molecule has 4 heteroatoms. The molecule has 0 fully saturated rings. The fourth-order valence-corrected chi connectivity index (χ4v) is 0.844. The summed E-state index contributed by atoms with van der Waals surface area (Å²) < 4.78 is 35.7. The number of hydrogen-bond acceptors (Lipinski definition) is 0. The third-order valence-corrected chi connectivity index (χ3v) is 2.56. The lowest BCUT2D eigenvalue weighted by molar-refractivity contribution is 0.0120. The maximum Gasteiger partial charge on any atom is 0.252 e. The van der Waals surface area contributed by atoms with Gasteiger partial charge in [0.15, 0.2) is 6.17 Å². The monoisotopic (exact) mass is 142 g/mol. The standard InChI is InChI=1S/C4H9F3Si/c1-3(5)4(6,7)8-2/h3H,8H2,1-2H3. The Labute approximate surface area is 48.9 Å². The first-order valence-electron chi connectivity index (χ1n) is 2.52. The summed E-state index contributed by atoms with van der Waals surface area (Å²) in [5.74, 6) is 0. The van der Waals surface area contributed by atoms with E-state index < -0.39 is 21.2 Å². The van der Waals surface area contributed by atoms with E-state index in [1.54, 1.807) is 0 Å². The molecule has 0 heterocycles. The lowest BCUT2D eigenvalue weighted by atomic mass is 10.5. The SMILES string of the molecule is C[SiH2]C(F)(F)C(C)F. The van der Waals surface area contributed by atoms with E-state index in [1.807, 2.05) is 0 Å². The van der Waals surface area contributed by atoms with E-state index in [0.29, 0.717) is 0 Å². The van der Waals surface area contributed by atoms with Crippen molar-refractivity contribution in [3.63, 3.8) is 0 Å². The second kappa shape index (κ2) is 2.52. The largest absolute Gasteiger partial charge is 0.252 e. The molecular formula is C4H9F3Si. The lowest BCUT2D eigenvalue weighted by Gasteiger charge is -2.13. The summed E-state index contributed by atoms with van der Waals surface area (Å²) in [5, 5.41) is 0. The fraction of sp³-hybridized carbons (Fsp3) is 1.00. The van der Waals surface area contributed by atoms with Crippen LogP contribution < -0.4 is 0 Å². The second-order valence-electron chi connectivity index (χ2n) is 1.73. The molecule has 0 aromatic rings. The van der Waals surface area contributed by atoms with Gasteiger partial charge in [0.1, 0.15) is 9.52 Å². The van der Waals surface area contributed by atoms with Gasteiger partial charge in [0.05, 0.1) is 0 Å². The van der Waals surface area contributed by atoms with Crippen LogP contribution in [-0.2, 0) is 0 Å². The Morgan fingerprint density at radius 3 is 1.88 bits per heavy atom. The third kappa shape index (κ3) is 1.86. The summed E-state index contributed by atoms with van der Waals surface area (Å²) in [7, 11) is -1.51. The molecule has 0 saturated carbocycles. The fourth-order valence-electron chi connectivity index (χ4n) is 0.281. The van der Waals surface area contributed by atoms with E-state index >= 15 is 0 Å². The normalized spacial score (nSPS) is 17.6. The van der Waals surface area contributed by atoms with Crippen LogP contribution in [0.1, 0.15) is 6.92 Å². The average molecular weight is 142 g/mol. The third-order valence-electron chi connectivity index (χ3n) is 1.05. The molecule has 0 aliphatic heterocycles. The van der Waals surface area contributed by atoms with Gasteiger partial charge in [-0.1, -0.05) is 6.55 Å². The highest BCUT2D eigenvalue weighted by molar-refractivity contribution is 6.37. The number of rotatable bonds is 2. The van der Waals surface area contributed by atoms with Crippen LogP contribution in [0.2, 0.25) is 6.55 Å². The molecule has 0 rings (SSSR count). The summed E-state index contributed by atoms with van der Waals surface area (Å²) in [4.78, 5) is 0. The smallest absolute Gasteiger partial charge is 0.242 e. The first kappa shape index (κ1) is 8.01. The van der Waals surface area contributed by atoms with Crippen LogP contribution in [0.3, 0.4) is 0 Å². The maximum atomic E-state index is 12.0. The van der Waals surface area contributed by atoms with Crippen LogP contribution >= 0.6 is 0 Å². The van der Waals surface area contributed by atoms with Crippen molar-refractivity contribution in [3.8, 4) is 0 Å². The van der Waals surface area contributed by atoms with Gasteiger partial charge >= 0.3 is 0 Å². The van der Waals surface area contributed by atoms with E-state index in [9.17, 15) is 13.2 Å². The van der Waals surface area contributed by atoms with Crippen LogP contribution in [0, 0.1) is 0 Å². The van der Waals surface area contributed by atoms with Crippen molar-refractivity contribution in [2.24, 2.45) is 0 Å². The highest BCUT2D eigenvalue weighted by Gasteiger charge is 2.33. The minimum Gasteiger partial charge on any atom is -0.242 e. The topological polar surface area (TPSA) is 0 Å². The van der Waals surface area contributed by atoms with Crippen molar-refractivity contribution >= 4 is 9.52 Å². The molecule has 0 bridgehead atoms. The molecular weight excluding hydrogens is 133 g/mol. The molecule has 1 unspecified atom stereocenters. The highest BCUT2D eigenvalue weighted by Crippen LogP contribution is 2.18. The van der Waals surface area contributed by atoms with Crippen molar-refractivity contribution in [1.29, 1.82) is 0 Å². The molecule has 0 nitrogen and oxygen atoms in total. The molecule has 0 spiro atoms. The Kier molecular flexibility index (Phi) is 2.53. The van der Waals surface area contributed by atoms with Crippen molar-refractivity contribution in [2.45, 2.75) is 25.2 Å².